The topological polar surface area (TPSA) is 42.6 Å². The summed E-state index contributed by atoms with van der Waals surface area (Å²) in [5.74, 6) is 0. The summed E-state index contributed by atoms with van der Waals surface area (Å²) in [7, 11) is 0. The van der Waals surface area contributed by atoms with E-state index in [1.165, 1.54) is 83.9 Å². The first-order valence-electron chi connectivity index (χ1n) is 35.3. The van der Waals surface area contributed by atoms with Gasteiger partial charge in [-0.1, -0.05) is 72.8 Å². The molecule has 0 bridgehead atoms. The third-order valence-electron chi connectivity index (χ3n) is 22.5. The molecule has 1 aliphatic rings. The Morgan fingerprint density at radius 2 is 0.680 bits per heavy atom. The zero-order valence-electron chi connectivity index (χ0n) is 55.2. The standard InChI is InChI=1S/C96H54N4O2Se/c1-3-22-58(23-4-1)97-76-32-9-12-35-79(76)99(80-36-13-10-33-77(80)97)82-50-70(56-40-46-88-72(48-56)60-26-7-15-38-86(60)101-88)65-43-45-68-83(51-71(66-42-44-67(82)95(65)96(66)68)57-41-47-89-73(49-57)61-27-8-16-39-87(61)102-89)100-81-37-14-11-34-78(81)98(59-24-5-2-6-25-59)84-52-75-90(54-85(84)100)103-91-53-74-64-29-18-21-55-20-17-28-62(92(55)64)63-30-19-31-69(93(63)74)94(75)91/h1-54H. The van der Waals surface area contributed by atoms with Crippen LogP contribution >= 0.6 is 0 Å². The van der Waals surface area contributed by atoms with Crippen molar-refractivity contribution in [1.29, 1.82) is 0 Å². The van der Waals surface area contributed by atoms with Gasteiger partial charge < -0.3 is 9.32 Å². The van der Waals surface area contributed by atoms with Crippen molar-refractivity contribution in [3.63, 3.8) is 0 Å². The molecule has 0 aliphatic carbocycles. The summed E-state index contributed by atoms with van der Waals surface area (Å²) < 4.78 is 21.2. The minimum absolute atomic E-state index is 0.0373. The average Bonchev–Trinajstić information content (AvgIpc) is 1.68. The molecule has 0 fully saturated rings. The van der Waals surface area contributed by atoms with Crippen LogP contribution in [0.25, 0.3) is 194 Å². The van der Waals surface area contributed by atoms with E-state index >= 15 is 0 Å². The van der Waals surface area contributed by atoms with Crippen LogP contribution in [-0.4, -0.2) is 23.6 Å². The van der Waals surface area contributed by atoms with Crippen molar-refractivity contribution in [3.05, 3.63) is 328 Å². The molecule has 5 heterocycles. The molecule has 6 nitrogen and oxygen atoms in total. The molecular formula is C96H54N4O2Se. The third kappa shape index (κ3) is 7.65. The first-order chi connectivity index (χ1) is 51.1. The fourth-order valence-corrected chi connectivity index (χ4v) is 20.7. The van der Waals surface area contributed by atoms with Gasteiger partial charge >= 0.3 is 423 Å². The van der Waals surface area contributed by atoms with Crippen molar-refractivity contribution in [1.82, 2.24) is 9.13 Å². The van der Waals surface area contributed by atoms with Crippen LogP contribution in [-0.2, 0) is 0 Å². The molecule has 0 saturated carbocycles. The predicted molar refractivity (Wildman–Crippen MR) is 434 cm³/mol. The van der Waals surface area contributed by atoms with E-state index in [2.05, 4.69) is 347 Å². The quantitative estimate of drug-likeness (QED) is 0.0945. The summed E-state index contributed by atoms with van der Waals surface area (Å²) >= 11 is -0.0373. The van der Waals surface area contributed by atoms with Crippen LogP contribution in [0.3, 0.4) is 0 Å². The van der Waals surface area contributed by atoms with Crippen LogP contribution in [0.1, 0.15) is 0 Å². The molecule has 19 aromatic carbocycles. The molecule has 0 amide bonds. The second kappa shape index (κ2) is 20.7. The van der Waals surface area contributed by atoms with Crippen LogP contribution in [0.5, 0.6) is 0 Å². The van der Waals surface area contributed by atoms with Gasteiger partial charge in [0.1, 0.15) is 11.2 Å². The second-order valence-electron chi connectivity index (χ2n) is 27.7. The fraction of sp³-hybridized carbons (Fsp3) is 0. The van der Waals surface area contributed by atoms with Gasteiger partial charge in [-0.3, -0.25) is 0 Å². The van der Waals surface area contributed by atoms with E-state index in [-0.39, 0.29) is 14.5 Å². The van der Waals surface area contributed by atoms with Gasteiger partial charge in [0.25, 0.3) is 0 Å². The Morgan fingerprint density at radius 3 is 1.31 bits per heavy atom. The Bertz CT molecular complexity index is 7590. The minimum atomic E-state index is -0.0373. The van der Waals surface area contributed by atoms with E-state index in [0.29, 0.717) is 0 Å². The molecule has 4 aromatic heterocycles. The maximum atomic E-state index is 6.63. The monoisotopic (exact) mass is 1370 g/mol. The van der Waals surface area contributed by atoms with Gasteiger partial charge in [-0.2, -0.15) is 0 Å². The Balaban J connectivity index is 0.861. The normalized spacial score (nSPS) is 12.8. The van der Waals surface area contributed by atoms with E-state index in [4.69, 9.17) is 8.83 Å². The summed E-state index contributed by atoms with van der Waals surface area (Å²) in [6.07, 6.45) is 0. The van der Waals surface area contributed by atoms with Crippen molar-refractivity contribution in [3.8, 4) is 33.6 Å². The average molecular weight is 1370 g/mol. The first kappa shape index (κ1) is 55.7. The van der Waals surface area contributed by atoms with Gasteiger partial charge in [0.15, 0.2) is 0 Å². The number of nitrogens with zero attached hydrogens (tertiary/aromatic N) is 4. The molecule has 0 N–H and O–H groups in total. The van der Waals surface area contributed by atoms with Crippen molar-refractivity contribution < 1.29 is 8.83 Å². The van der Waals surface area contributed by atoms with Crippen molar-refractivity contribution in [2.24, 2.45) is 0 Å². The summed E-state index contributed by atoms with van der Waals surface area (Å²) in [6, 6.07) is 122. The van der Waals surface area contributed by atoms with E-state index in [1.807, 2.05) is 0 Å². The number of rotatable bonds is 6. The fourth-order valence-electron chi connectivity index (χ4n) is 18.2. The molecule has 0 atom stereocenters. The van der Waals surface area contributed by atoms with Crippen molar-refractivity contribution >= 4 is 209 Å². The summed E-state index contributed by atoms with van der Waals surface area (Å²) in [5, 5.41) is 24.6. The van der Waals surface area contributed by atoms with E-state index in [1.54, 1.807) is 0 Å². The number of hydrogen-bond acceptors (Lipinski definition) is 4. The molecule has 24 rings (SSSR count). The second-order valence-corrected chi connectivity index (χ2v) is 30.0. The van der Waals surface area contributed by atoms with Crippen LogP contribution in [0.2, 0.25) is 0 Å². The smallest absolute Gasteiger partial charge is 0.0602 e. The van der Waals surface area contributed by atoms with Crippen molar-refractivity contribution in [2.75, 3.05) is 9.80 Å². The molecule has 0 spiro atoms. The van der Waals surface area contributed by atoms with E-state index < -0.39 is 0 Å². The van der Waals surface area contributed by atoms with Crippen LogP contribution in [0.4, 0.5) is 34.1 Å². The van der Waals surface area contributed by atoms with Gasteiger partial charge in [0.2, 0.25) is 0 Å². The Kier molecular flexibility index (Phi) is 11.2. The SMILES string of the molecule is c1ccc(N2c3ccccc3N(c3cc(-c4ccc5oc6ccccc6c5c4)c4ccc5c(-n6c7ccccc7n(-c7ccccc7)c7cc8c(cc76)[se]c6cc7c9cccc%10cccc(c%11cccc(c68)c%117)c%109)cc(-c6ccc7oc8ccccc8c7c6)c6ccc3c4c65)c3ccccc32)cc1. The van der Waals surface area contributed by atoms with Gasteiger partial charge in [-0.15, -0.1) is 0 Å². The Morgan fingerprint density at radius 1 is 0.214 bits per heavy atom. The number of para-hydroxylation sites is 10. The van der Waals surface area contributed by atoms with Gasteiger partial charge in [0.05, 0.1) is 11.4 Å². The number of fused-ring (bicyclic) bond motifs is 16. The van der Waals surface area contributed by atoms with Crippen LogP contribution < -0.4 is 9.80 Å². The van der Waals surface area contributed by atoms with Gasteiger partial charge in [-0.25, -0.2) is 0 Å². The molecule has 476 valence electrons. The molecule has 1 aliphatic heterocycles. The number of benzene rings is 19. The molecule has 23 aromatic rings. The molecule has 7 heteroatoms. The third-order valence-corrected chi connectivity index (χ3v) is 24.8. The Hall–Kier alpha value is -13.2. The van der Waals surface area contributed by atoms with E-state index in [0.717, 1.165) is 144 Å². The van der Waals surface area contributed by atoms with Crippen molar-refractivity contribution in [2.45, 2.75) is 0 Å². The predicted octanol–water partition coefficient (Wildman–Crippen LogP) is 26.8. The van der Waals surface area contributed by atoms with Crippen LogP contribution in [0, 0.1) is 0 Å². The molecule has 0 saturated heterocycles. The van der Waals surface area contributed by atoms with Gasteiger partial charge in [0, 0.05) is 16.5 Å². The number of aromatic nitrogens is 2. The molecular weight excluding hydrogens is 1320 g/mol. The van der Waals surface area contributed by atoms with E-state index in [9.17, 15) is 0 Å². The summed E-state index contributed by atoms with van der Waals surface area (Å²) in [4.78, 5) is 4.96. The molecule has 103 heavy (non-hydrogen) atoms. The first-order valence-corrected chi connectivity index (χ1v) is 37.0. The van der Waals surface area contributed by atoms with Crippen LogP contribution in [0.15, 0.2) is 336 Å². The summed E-state index contributed by atoms with van der Waals surface area (Å²) in [6.45, 7) is 0. The molecule has 0 unspecified atom stereocenters. The number of hydrogen-bond donors (Lipinski definition) is 0. The summed E-state index contributed by atoms with van der Waals surface area (Å²) in [5.41, 5.74) is 21.2. The zero-order chi connectivity index (χ0) is 66.9. The number of anilines is 6. The maximum absolute atomic E-state index is 6.63. The minimum Gasteiger partial charge on any atom is -0.0602 e. The zero-order valence-corrected chi connectivity index (χ0v) is 56.9. The molecule has 0 radical (unpaired) electrons. The van der Waals surface area contributed by atoms with Gasteiger partial charge in [-0.05, 0) is 54.6 Å². The number of furan rings is 2. The Labute approximate surface area is 594 Å².